The van der Waals surface area contributed by atoms with Gasteiger partial charge in [0, 0.05) is 50.9 Å². The molecular weight excluding hydrogens is 377 g/mol. The highest BCUT2D eigenvalue weighted by Crippen LogP contribution is 2.34. The summed E-state index contributed by atoms with van der Waals surface area (Å²) in [7, 11) is 3.82. The van der Waals surface area contributed by atoms with Gasteiger partial charge in [0.25, 0.3) is 0 Å². The van der Waals surface area contributed by atoms with Gasteiger partial charge in [-0.15, -0.1) is 0 Å². The molecule has 5 nitrogen and oxygen atoms in total. The van der Waals surface area contributed by atoms with Crippen LogP contribution >= 0.6 is 11.6 Å². The number of rotatable bonds is 4. The van der Waals surface area contributed by atoms with E-state index in [2.05, 4.69) is 26.8 Å². The molecular formula is C21H25ClFN5. The predicted molar refractivity (Wildman–Crippen MR) is 110 cm³/mol. The molecule has 1 saturated carbocycles. The Bertz CT molecular complexity index is 901. The lowest BCUT2D eigenvalue weighted by Crippen LogP contribution is -2.47. The highest BCUT2D eigenvalue weighted by atomic mass is 35.5. The van der Waals surface area contributed by atoms with Crippen LogP contribution in [0.15, 0.2) is 24.7 Å². The van der Waals surface area contributed by atoms with Crippen LogP contribution in [0.3, 0.4) is 0 Å². The van der Waals surface area contributed by atoms with Gasteiger partial charge in [0.15, 0.2) is 0 Å². The summed E-state index contributed by atoms with van der Waals surface area (Å²) in [5.41, 5.74) is 1.48. The van der Waals surface area contributed by atoms with E-state index < -0.39 is 5.67 Å². The molecule has 0 spiro atoms. The third-order valence-electron chi connectivity index (χ3n) is 5.31. The van der Waals surface area contributed by atoms with Crippen molar-refractivity contribution in [2.75, 3.05) is 38.6 Å². The Morgan fingerprint density at radius 3 is 2.68 bits per heavy atom. The molecule has 0 aromatic carbocycles. The molecule has 0 N–H and O–H groups in total. The molecule has 7 heteroatoms. The summed E-state index contributed by atoms with van der Waals surface area (Å²) < 4.78 is 17.0. The average Bonchev–Trinajstić information content (AvgIpc) is 3.39. The Morgan fingerprint density at radius 2 is 2.00 bits per heavy atom. The third kappa shape index (κ3) is 4.48. The van der Waals surface area contributed by atoms with Crippen LogP contribution in [0.5, 0.6) is 0 Å². The maximum atomic E-state index is 15.0. The van der Waals surface area contributed by atoms with Gasteiger partial charge in [-0.25, -0.2) is 9.37 Å². The van der Waals surface area contributed by atoms with Crippen molar-refractivity contribution in [2.45, 2.75) is 37.4 Å². The summed E-state index contributed by atoms with van der Waals surface area (Å²) in [4.78, 5) is 8.27. The van der Waals surface area contributed by atoms with Crippen molar-refractivity contribution >= 4 is 17.3 Å². The number of piperidine rings is 1. The molecule has 4 rings (SSSR count). The number of hydrogen-bond donors (Lipinski definition) is 0. The Hall–Kier alpha value is -2.10. The topological polar surface area (TPSA) is 37.2 Å². The lowest BCUT2D eigenvalue weighted by molar-refractivity contribution is 0.0880. The van der Waals surface area contributed by atoms with Crippen molar-refractivity contribution in [3.05, 3.63) is 40.9 Å². The smallest absolute Gasteiger partial charge is 0.131 e. The monoisotopic (exact) mass is 401 g/mol. The Balaban J connectivity index is 1.52. The second kappa shape index (κ2) is 7.73. The first-order valence-electron chi connectivity index (χ1n) is 9.72. The lowest BCUT2D eigenvalue weighted by atomic mass is 9.92. The molecule has 0 amide bonds. The zero-order valence-electron chi connectivity index (χ0n) is 16.3. The van der Waals surface area contributed by atoms with E-state index in [1.807, 2.05) is 35.9 Å². The molecule has 2 aromatic rings. The maximum absolute atomic E-state index is 15.0. The van der Waals surface area contributed by atoms with E-state index in [0.29, 0.717) is 43.7 Å². The number of aromatic nitrogens is 3. The van der Waals surface area contributed by atoms with Gasteiger partial charge in [-0.1, -0.05) is 23.4 Å². The minimum absolute atomic E-state index is 0.424. The molecule has 0 bridgehead atoms. The second-order valence-corrected chi connectivity index (χ2v) is 8.48. The maximum Gasteiger partial charge on any atom is 0.131 e. The molecule has 3 heterocycles. The Kier molecular flexibility index (Phi) is 5.31. The van der Waals surface area contributed by atoms with Crippen molar-refractivity contribution in [2.24, 2.45) is 0 Å². The van der Waals surface area contributed by atoms with Gasteiger partial charge >= 0.3 is 0 Å². The summed E-state index contributed by atoms with van der Waals surface area (Å²) in [5, 5.41) is 4.80. The number of anilines is 1. The van der Waals surface area contributed by atoms with Crippen LogP contribution in [0.2, 0.25) is 5.15 Å². The minimum atomic E-state index is -1.14. The van der Waals surface area contributed by atoms with E-state index in [4.69, 9.17) is 11.6 Å². The summed E-state index contributed by atoms with van der Waals surface area (Å²) >= 11 is 6.14. The number of hydrogen-bond acceptors (Lipinski definition) is 4. The number of halogens is 2. The first kappa shape index (κ1) is 19.2. The van der Waals surface area contributed by atoms with Crippen molar-refractivity contribution in [1.82, 2.24) is 19.7 Å². The molecule has 1 aliphatic heterocycles. The van der Waals surface area contributed by atoms with E-state index in [1.54, 1.807) is 12.4 Å². The van der Waals surface area contributed by atoms with E-state index in [9.17, 15) is 4.39 Å². The highest BCUT2D eigenvalue weighted by Gasteiger charge is 2.35. The van der Waals surface area contributed by atoms with Crippen molar-refractivity contribution in [3.63, 3.8) is 0 Å². The van der Waals surface area contributed by atoms with Gasteiger partial charge in [-0.3, -0.25) is 4.68 Å². The third-order valence-corrected chi connectivity index (χ3v) is 5.52. The number of alkyl halides is 1. The zero-order chi connectivity index (χ0) is 19.7. The fraction of sp³-hybridized carbons (Fsp3) is 0.524. The number of pyridine rings is 1. The van der Waals surface area contributed by atoms with Crippen LogP contribution in [0.4, 0.5) is 10.1 Å². The lowest BCUT2D eigenvalue weighted by Gasteiger charge is -2.39. The first-order chi connectivity index (χ1) is 13.4. The van der Waals surface area contributed by atoms with E-state index in [1.165, 1.54) is 12.8 Å². The molecule has 0 radical (unpaired) electrons. The largest absolute Gasteiger partial charge is 0.370 e. The van der Waals surface area contributed by atoms with E-state index in [0.717, 1.165) is 16.8 Å². The van der Waals surface area contributed by atoms with Gasteiger partial charge in [0.1, 0.15) is 10.8 Å². The van der Waals surface area contributed by atoms with Crippen LogP contribution in [0, 0.1) is 11.8 Å². The standard InChI is InChI=1S/C21H25ClFN5/c1-26(2)15-21(23)7-9-27(10-8-21)19-11-20(22)24-13-17(19)4-3-16-12-25-28(14-16)18-5-6-18/h11-14,18H,5-10,15H2,1-2H3. The zero-order valence-corrected chi connectivity index (χ0v) is 17.1. The van der Waals surface area contributed by atoms with Gasteiger partial charge in [-0.05, 0) is 26.9 Å². The average molecular weight is 402 g/mol. The summed E-state index contributed by atoms with van der Waals surface area (Å²) in [6, 6.07) is 2.37. The normalized spacial score (nSPS) is 18.8. The van der Waals surface area contributed by atoms with Crippen molar-refractivity contribution in [3.8, 4) is 11.8 Å². The summed E-state index contributed by atoms with van der Waals surface area (Å²) in [6.07, 6.45) is 8.86. The second-order valence-electron chi connectivity index (χ2n) is 8.09. The van der Waals surface area contributed by atoms with Crippen LogP contribution < -0.4 is 4.90 Å². The summed E-state index contributed by atoms with van der Waals surface area (Å²) in [6.45, 7) is 1.73. The van der Waals surface area contributed by atoms with Crippen LogP contribution in [0.1, 0.15) is 42.9 Å². The molecule has 2 aromatic heterocycles. The van der Waals surface area contributed by atoms with E-state index in [-0.39, 0.29) is 0 Å². The van der Waals surface area contributed by atoms with Crippen LogP contribution in [-0.2, 0) is 0 Å². The molecule has 0 unspecified atom stereocenters. The quantitative estimate of drug-likeness (QED) is 0.580. The first-order valence-corrected chi connectivity index (χ1v) is 10.1. The minimum Gasteiger partial charge on any atom is -0.370 e. The highest BCUT2D eigenvalue weighted by molar-refractivity contribution is 6.29. The molecule has 2 fully saturated rings. The SMILES string of the molecule is CN(C)CC1(F)CCN(c2cc(Cl)ncc2C#Cc2cnn(C3CC3)c2)CC1. The van der Waals surface area contributed by atoms with Gasteiger partial charge in [-0.2, -0.15) is 5.10 Å². The molecule has 148 valence electrons. The molecule has 0 atom stereocenters. The van der Waals surface area contributed by atoms with Gasteiger partial charge in [0.05, 0.1) is 29.1 Å². The fourth-order valence-electron chi connectivity index (χ4n) is 3.73. The number of nitrogens with zero attached hydrogens (tertiary/aromatic N) is 5. The summed E-state index contributed by atoms with van der Waals surface area (Å²) in [5.74, 6) is 6.39. The van der Waals surface area contributed by atoms with Crippen molar-refractivity contribution in [1.29, 1.82) is 0 Å². The van der Waals surface area contributed by atoms with Gasteiger partial charge in [0.2, 0.25) is 0 Å². The van der Waals surface area contributed by atoms with Crippen molar-refractivity contribution < 1.29 is 4.39 Å². The Labute approximate surface area is 170 Å². The molecule has 28 heavy (non-hydrogen) atoms. The molecule has 1 aliphatic carbocycles. The van der Waals surface area contributed by atoms with Crippen LogP contribution in [0.25, 0.3) is 0 Å². The molecule has 2 aliphatic rings. The van der Waals surface area contributed by atoms with Crippen LogP contribution in [-0.4, -0.2) is 59.1 Å². The van der Waals surface area contributed by atoms with Gasteiger partial charge < -0.3 is 9.80 Å². The van der Waals surface area contributed by atoms with E-state index >= 15 is 0 Å². The molecule has 1 saturated heterocycles. The predicted octanol–water partition coefficient (Wildman–Crippen LogP) is 3.54. The Morgan fingerprint density at radius 1 is 1.25 bits per heavy atom. The fourth-order valence-corrected chi connectivity index (χ4v) is 3.88.